The number of benzene rings is 1. The van der Waals surface area contributed by atoms with E-state index in [0.29, 0.717) is 18.5 Å². The number of amides is 1. The third-order valence-electron chi connectivity index (χ3n) is 2.48. The van der Waals surface area contributed by atoms with E-state index in [1.165, 1.54) is 6.07 Å². The first-order valence-corrected chi connectivity index (χ1v) is 6.57. The highest BCUT2D eigenvalue weighted by molar-refractivity contribution is 5.87. The van der Waals surface area contributed by atoms with Crippen LogP contribution < -0.4 is 5.32 Å². The molecule has 0 spiro atoms. The van der Waals surface area contributed by atoms with E-state index in [1.54, 1.807) is 32.9 Å². The molecule has 1 amide bonds. The molecule has 0 bridgehead atoms. The number of rotatable bonds is 5. The van der Waals surface area contributed by atoms with Crippen molar-refractivity contribution >= 4 is 18.1 Å². The maximum Gasteiger partial charge on any atom is 0.412 e. The number of ether oxygens (including phenoxy) is 1. The van der Waals surface area contributed by atoms with Gasteiger partial charge in [0.25, 0.3) is 0 Å². The maximum atomic E-state index is 11.7. The minimum absolute atomic E-state index is 0.0185. The maximum absolute atomic E-state index is 11.7. The first-order chi connectivity index (χ1) is 9.31. The van der Waals surface area contributed by atoms with E-state index in [4.69, 9.17) is 4.74 Å². The second kappa shape index (κ2) is 6.93. The Morgan fingerprint density at radius 1 is 1.40 bits per heavy atom. The lowest BCUT2D eigenvalue weighted by molar-refractivity contribution is -0.107. The van der Waals surface area contributed by atoms with Gasteiger partial charge >= 0.3 is 6.09 Å². The highest BCUT2D eigenvalue weighted by Gasteiger charge is 2.17. The Balaban J connectivity index is 2.71. The fourth-order valence-corrected chi connectivity index (χ4v) is 1.64. The van der Waals surface area contributed by atoms with E-state index in [2.05, 4.69) is 5.32 Å². The van der Waals surface area contributed by atoms with Crippen LogP contribution in [0.1, 0.15) is 39.2 Å². The van der Waals surface area contributed by atoms with Crippen LogP contribution in [0.5, 0.6) is 5.75 Å². The number of aryl methyl sites for hydroxylation is 1. The Morgan fingerprint density at radius 2 is 2.10 bits per heavy atom. The van der Waals surface area contributed by atoms with Crippen molar-refractivity contribution in [3.63, 3.8) is 0 Å². The summed E-state index contributed by atoms with van der Waals surface area (Å²) in [6.45, 7) is 5.30. The molecule has 1 rings (SSSR count). The lowest BCUT2D eigenvalue weighted by atomic mass is 10.1. The molecule has 5 nitrogen and oxygen atoms in total. The third kappa shape index (κ3) is 5.73. The summed E-state index contributed by atoms with van der Waals surface area (Å²) in [5.74, 6) is -0.0185. The number of phenolic OH excluding ortho intramolecular Hbond substituents is 1. The number of aromatic hydroxyl groups is 1. The van der Waals surface area contributed by atoms with Gasteiger partial charge in [0.1, 0.15) is 17.6 Å². The number of nitrogens with one attached hydrogen (secondary N) is 1. The molecule has 0 aliphatic heterocycles. The quantitative estimate of drug-likeness (QED) is 0.493. The van der Waals surface area contributed by atoms with Crippen LogP contribution in [0.25, 0.3) is 0 Å². The van der Waals surface area contributed by atoms with Crippen LogP contribution in [-0.4, -0.2) is 23.1 Å². The van der Waals surface area contributed by atoms with Crippen LogP contribution in [0, 0.1) is 0 Å². The number of hydrogen-bond donors (Lipinski definition) is 2. The summed E-state index contributed by atoms with van der Waals surface area (Å²) in [4.78, 5) is 21.9. The van der Waals surface area contributed by atoms with Gasteiger partial charge in [-0.2, -0.15) is 0 Å². The van der Waals surface area contributed by atoms with Gasteiger partial charge in [-0.1, -0.05) is 6.07 Å². The average Bonchev–Trinajstić information content (AvgIpc) is 2.31. The monoisotopic (exact) mass is 279 g/mol. The zero-order chi connectivity index (χ0) is 15.2. The van der Waals surface area contributed by atoms with Gasteiger partial charge in [-0.05, 0) is 51.3 Å². The zero-order valence-electron chi connectivity index (χ0n) is 12.1. The van der Waals surface area contributed by atoms with Crippen molar-refractivity contribution in [3.8, 4) is 5.75 Å². The molecule has 0 unspecified atom stereocenters. The Morgan fingerprint density at radius 3 is 2.70 bits per heavy atom. The van der Waals surface area contributed by atoms with Crippen LogP contribution in [0.3, 0.4) is 0 Å². The molecule has 20 heavy (non-hydrogen) atoms. The van der Waals surface area contributed by atoms with Gasteiger partial charge in [-0.25, -0.2) is 4.79 Å². The number of aldehydes is 1. The molecule has 0 saturated carbocycles. The first-order valence-electron chi connectivity index (χ1n) is 6.57. The summed E-state index contributed by atoms with van der Waals surface area (Å²) in [5.41, 5.74) is 0.653. The topological polar surface area (TPSA) is 75.6 Å². The zero-order valence-corrected chi connectivity index (χ0v) is 12.1. The van der Waals surface area contributed by atoms with Crippen molar-refractivity contribution in [2.45, 2.75) is 45.6 Å². The van der Waals surface area contributed by atoms with Gasteiger partial charge in [0, 0.05) is 6.42 Å². The third-order valence-corrected chi connectivity index (χ3v) is 2.48. The van der Waals surface area contributed by atoms with E-state index >= 15 is 0 Å². The molecule has 110 valence electrons. The van der Waals surface area contributed by atoms with Gasteiger partial charge in [0.05, 0.1) is 5.69 Å². The van der Waals surface area contributed by atoms with E-state index in [0.717, 1.165) is 18.3 Å². The summed E-state index contributed by atoms with van der Waals surface area (Å²) in [7, 11) is 0. The molecule has 0 atom stereocenters. The Kier molecular flexibility index (Phi) is 5.55. The second-order valence-corrected chi connectivity index (χ2v) is 5.54. The van der Waals surface area contributed by atoms with Gasteiger partial charge in [0.2, 0.25) is 0 Å². The number of hydrogen-bond acceptors (Lipinski definition) is 4. The van der Waals surface area contributed by atoms with Crippen molar-refractivity contribution in [2.24, 2.45) is 0 Å². The molecule has 0 fully saturated rings. The molecule has 2 N–H and O–H groups in total. The molecule has 0 heterocycles. The standard InChI is InChI=1S/C15H21NO4/c1-15(2,3)20-14(19)16-12-10-11(6-4-5-9-17)7-8-13(12)18/h7-10,18H,4-6H2,1-3H3,(H,16,19). The Hall–Kier alpha value is -2.04. The van der Waals surface area contributed by atoms with E-state index in [-0.39, 0.29) is 5.75 Å². The molecular weight excluding hydrogens is 258 g/mol. The van der Waals surface area contributed by atoms with Crippen molar-refractivity contribution in [2.75, 3.05) is 5.32 Å². The van der Waals surface area contributed by atoms with E-state index in [1.807, 2.05) is 0 Å². The van der Waals surface area contributed by atoms with Gasteiger partial charge < -0.3 is 14.6 Å². The fourth-order valence-electron chi connectivity index (χ4n) is 1.64. The highest BCUT2D eigenvalue weighted by atomic mass is 16.6. The van der Waals surface area contributed by atoms with Crippen LogP contribution in [-0.2, 0) is 16.0 Å². The lowest BCUT2D eigenvalue weighted by Crippen LogP contribution is -2.27. The van der Waals surface area contributed by atoms with Crippen LogP contribution in [0.4, 0.5) is 10.5 Å². The van der Waals surface area contributed by atoms with Crippen LogP contribution in [0.15, 0.2) is 18.2 Å². The first kappa shape index (κ1) is 16.0. The molecule has 0 aliphatic carbocycles. The minimum atomic E-state index is -0.613. The minimum Gasteiger partial charge on any atom is -0.506 e. The lowest BCUT2D eigenvalue weighted by Gasteiger charge is -2.20. The summed E-state index contributed by atoms with van der Waals surface area (Å²) in [6.07, 6.45) is 2.20. The summed E-state index contributed by atoms with van der Waals surface area (Å²) in [6, 6.07) is 4.97. The summed E-state index contributed by atoms with van der Waals surface area (Å²) < 4.78 is 5.13. The van der Waals surface area contributed by atoms with Gasteiger partial charge in [0.15, 0.2) is 0 Å². The number of phenols is 1. The van der Waals surface area contributed by atoms with Crippen LogP contribution >= 0.6 is 0 Å². The molecule has 0 saturated heterocycles. The molecule has 1 aromatic carbocycles. The van der Waals surface area contributed by atoms with Crippen LogP contribution in [0.2, 0.25) is 0 Å². The SMILES string of the molecule is CC(C)(C)OC(=O)Nc1cc(CCCC=O)ccc1O. The average molecular weight is 279 g/mol. The van der Waals surface area contributed by atoms with E-state index < -0.39 is 11.7 Å². The predicted molar refractivity (Wildman–Crippen MR) is 77.0 cm³/mol. The predicted octanol–water partition coefficient (Wildman–Crippen LogP) is 3.26. The van der Waals surface area contributed by atoms with Crippen molar-refractivity contribution in [1.29, 1.82) is 0 Å². The molecule has 0 aromatic heterocycles. The van der Waals surface area contributed by atoms with Crippen molar-refractivity contribution in [3.05, 3.63) is 23.8 Å². The molecule has 5 heteroatoms. The molecular formula is C15H21NO4. The number of carbonyl (C=O) groups is 2. The van der Waals surface area contributed by atoms with Crippen molar-refractivity contribution in [1.82, 2.24) is 0 Å². The highest BCUT2D eigenvalue weighted by Crippen LogP contribution is 2.25. The van der Waals surface area contributed by atoms with E-state index in [9.17, 15) is 14.7 Å². The second-order valence-electron chi connectivity index (χ2n) is 5.54. The van der Waals surface area contributed by atoms with Gasteiger partial charge in [-0.15, -0.1) is 0 Å². The Labute approximate surface area is 118 Å². The molecule has 1 aromatic rings. The molecule has 0 radical (unpaired) electrons. The van der Waals surface area contributed by atoms with Crippen molar-refractivity contribution < 1.29 is 19.4 Å². The largest absolute Gasteiger partial charge is 0.506 e. The van der Waals surface area contributed by atoms with Gasteiger partial charge in [-0.3, -0.25) is 5.32 Å². The fraction of sp³-hybridized carbons (Fsp3) is 0.467. The summed E-state index contributed by atoms with van der Waals surface area (Å²) >= 11 is 0. The normalized spacial score (nSPS) is 10.9. The summed E-state index contributed by atoms with van der Waals surface area (Å²) in [5, 5.41) is 12.2. The number of unbranched alkanes of at least 4 members (excludes halogenated alkanes) is 1. The number of anilines is 1. The number of carbonyl (C=O) groups excluding carboxylic acids is 2. The smallest absolute Gasteiger partial charge is 0.412 e. The Bertz CT molecular complexity index is 477. The molecule has 0 aliphatic rings.